The maximum absolute atomic E-state index is 16.9. The van der Waals surface area contributed by atoms with Crippen molar-refractivity contribution in [2.24, 2.45) is 0 Å². The highest BCUT2D eigenvalue weighted by Gasteiger charge is 2.48. The molecule has 11 heteroatoms. The van der Waals surface area contributed by atoms with Gasteiger partial charge in [0, 0.05) is 48.1 Å². The van der Waals surface area contributed by atoms with Crippen molar-refractivity contribution >= 4 is 33.7 Å². The molecule has 2 bridgehead atoms. The van der Waals surface area contributed by atoms with Crippen LogP contribution in [0.15, 0.2) is 54.6 Å². The third kappa shape index (κ3) is 5.29. The molecular formula is C38H40FN7O3. The number of aromatic nitrogens is 4. The van der Waals surface area contributed by atoms with Crippen LogP contribution in [0.4, 0.5) is 15.0 Å². The Kier molecular flexibility index (Phi) is 7.23. The smallest absolute Gasteiger partial charge is 0.410 e. The Hall–Kier alpha value is -4.95. The molecule has 6 heterocycles. The van der Waals surface area contributed by atoms with Crippen molar-refractivity contribution in [3.8, 4) is 29.6 Å². The normalized spacial score (nSPS) is 21.9. The molecule has 0 radical (unpaired) electrons. The van der Waals surface area contributed by atoms with Crippen molar-refractivity contribution in [3.05, 3.63) is 66.0 Å². The van der Waals surface area contributed by atoms with Crippen LogP contribution in [-0.2, 0) is 4.74 Å². The van der Waals surface area contributed by atoms with Crippen molar-refractivity contribution in [3.63, 3.8) is 0 Å². The summed E-state index contributed by atoms with van der Waals surface area (Å²) in [6.45, 7) is 17.1. The Morgan fingerprint density at radius 1 is 1.10 bits per heavy atom. The minimum Gasteiger partial charge on any atom is -0.461 e. The van der Waals surface area contributed by atoms with E-state index in [4.69, 9.17) is 25.9 Å². The molecule has 2 atom stereocenters. The van der Waals surface area contributed by atoms with Gasteiger partial charge >= 0.3 is 12.1 Å². The fraction of sp³-hybridized carbons (Fsp3) is 0.421. The van der Waals surface area contributed by atoms with E-state index in [1.807, 2.05) is 49.9 Å². The standard InChI is InChI=1S/C38H40FN7O3/c1-7-24-9-8-10-29-30(24)32(43-42-29)27-13-14-28-33(31(27)39)40-35(48-21-38-15-22(2)17-45(38)18-23(3)16-38)41-34(28)44-19-25-11-12-26(20-44)46(25)36(47)49-37(4,5)6/h1,8-10,13-14,25-26H,2-3,11-12,15-21H2,4-6H3,(H,42,43). The Labute approximate surface area is 285 Å². The molecule has 4 aromatic rings. The summed E-state index contributed by atoms with van der Waals surface area (Å²) < 4.78 is 29.1. The van der Waals surface area contributed by atoms with Crippen molar-refractivity contribution in [1.29, 1.82) is 0 Å². The van der Waals surface area contributed by atoms with Crippen LogP contribution < -0.4 is 9.64 Å². The second-order valence-corrected chi connectivity index (χ2v) is 15.0. The minimum atomic E-state index is -0.592. The van der Waals surface area contributed by atoms with Gasteiger partial charge in [-0.05, 0) is 70.7 Å². The number of anilines is 1. The highest BCUT2D eigenvalue weighted by Crippen LogP contribution is 2.44. The number of nitrogens with zero attached hydrogens (tertiary/aromatic N) is 6. The molecule has 2 aromatic heterocycles. The number of halogens is 1. The lowest BCUT2D eigenvalue weighted by Crippen LogP contribution is -2.57. The first-order valence-corrected chi connectivity index (χ1v) is 16.8. The van der Waals surface area contributed by atoms with E-state index in [-0.39, 0.29) is 40.8 Å². The predicted octanol–water partition coefficient (Wildman–Crippen LogP) is 6.22. The molecular weight excluding hydrogens is 621 g/mol. The van der Waals surface area contributed by atoms with Gasteiger partial charge in [-0.2, -0.15) is 15.1 Å². The number of aromatic amines is 1. The molecule has 8 rings (SSSR count). The molecule has 0 saturated carbocycles. The Bertz CT molecular complexity index is 2060. The molecule has 2 aromatic carbocycles. The number of H-pyrrole nitrogens is 1. The number of ether oxygens (including phenoxy) is 2. The molecule has 4 aliphatic heterocycles. The van der Waals surface area contributed by atoms with Crippen LogP contribution in [0.3, 0.4) is 0 Å². The largest absolute Gasteiger partial charge is 0.461 e. The number of piperazine rings is 1. The second-order valence-electron chi connectivity index (χ2n) is 15.0. The number of carbonyl (C=O) groups is 1. The summed E-state index contributed by atoms with van der Waals surface area (Å²) in [6.07, 6.45) is 8.81. The first-order chi connectivity index (χ1) is 23.4. The topological polar surface area (TPSA) is 99.7 Å². The Balaban J connectivity index is 1.20. The highest BCUT2D eigenvalue weighted by molar-refractivity contribution is 6.00. The van der Waals surface area contributed by atoms with E-state index >= 15 is 4.39 Å². The quantitative estimate of drug-likeness (QED) is 0.199. The van der Waals surface area contributed by atoms with Crippen molar-refractivity contribution in [2.45, 2.75) is 69.7 Å². The van der Waals surface area contributed by atoms with Crippen LogP contribution in [0.1, 0.15) is 52.0 Å². The van der Waals surface area contributed by atoms with Gasteiger partial charge in [0.05, 0.1) is 23.1 Å². The number of nitrogens with one attached hydrogen (secondary N) is 1. The molecule has 1 amide bonds. The van der Waals surface area contributed by atoms with Gasteiger partial charge < -0.3 is 14.4 Å². The van der Waals surface area contributed by atoms with Crippen LogP contribution in [-0.4, -0.2) is 92.1 Å². The fourth-order valence-electron chi connectivity index (χ4n) is 8.34. The first kappa shape index (κ1) is 31.3. The van der Waals surface area contributed by atoms with Gasteiger partial charge in [0.25, 0.3) is 0 Å². The average molecular weight is 662 g/mol. The van der Waals surface area contributed by atoms with Crippen LogP contribution >= 0.6 is 0 Å². The minimum absolute atomic E-state index is 0.0637. The van der Waals surface area contributed by atoms with Gasteiger partial charge in [0.1, 0.15) is 29.2 Å². The number of terminal acetylenes is 1. The summed E-state index contributed by atoms with van der Waals surface area (Å²) in [5.41, 5.74) is 3.60. The Morgan fingerprint density at radius 2 is 1.82 bits per heavy atom. The molecule has 4 fully saturated rings. The number of amides is 1. The molecule has 252 valence electrons. The zero-order valence-electron chi connectivity index (χ0n) is 28.2. The highest BCUT2D eigenvalue weighted by atomic mass is 19.1. The molecule has 10 nitrogen and oxygen atoms in total. The summed E-state index contributed by atoms with van der Waals surface area (Å²) in [5, 5.41) is 8.70. The van der Waals surface area contributed by atoms with E-state index < -0.39 is 11.4 Å². The maximum atomic E-state index is 16.9. The number of fused-ring (bicyclic) bond motifs is 5. The van der Waals surface area contributed by atoms with Gasteiger partial charge in [-0.15, -0.1) is 6.42 Å². The van der Waals surface area contributed by atoms with E-state index in [2.05, 4.69) is 39.1 Å². The third-order valence-corrected chi connectivity index (χ3v) is 10.3. The van der Waals surface area contributed by atoms with Gasteiger partial charge in [-0.25, -0.2) is 9.18 Å². The van der Waals surface area contributed by atoms with Crippen LogP contribution in [0.25, 0.3) is 33.1 Å². The molecule has 0 aliphatic carbocycles. The van der Waals surface area contributed by atoms with Gasteiger partial charge in [-0.1, -0.05) is 36.3 Å². The SMILES string of the molecule is C#Cc1cccc2[nH]nc(-c3ccc4c(N5CC6CCC(C5)N6C(=O)OC(C)(C)C)nc(OCC56CC(=C)CN5CC(=C)C6)nc4c3F)c12. The van der Waals surface area contributed by atoms with Crippen molar-refractivity contribution < 1.29 is 18.7 Å². The van der Waals surface area contributed by atoms with E-state index in [0.717, 1.165) is 55.4 Å². The number of rotatable bonds is 5. The average Bonchev–Trinajstić information content (AvgIpc) is 3.76. The summed E-state index contributed by atoms with van der Waals surface area (Å²) in [5.74, 6) is 2.74. The number of carbonyl (C=O) groups excluding carboxylic acids is 1. The van der Waals surface area contributed by atoms with Crippen LogP contribution in [0.2, 0.25) is 0 Å². The second kappa shape index (κ2) is 11.3. The number of hydrogen-bond donors (Lipinski definition) is 1. The van der Waals surface area contributed by atoms with Crippen LogP contribution in [0.5, 0.6) is 6.01 Å². The lowest BCUT2D eigenvalue weighted by Gasteiger charge is -2.42. The number of benzene rings is 2. The van der Waals surface area contributed by atoms with Crippen LogP contribution in [0, 0.1) is 18.2 Å². The lowest BCUT2D eigenvalue weighted by atomic mass is 9.92. The molecule has 1 N–H and O–H groups in total. The third-order valence-electron chi connectivity index (χ3n) is 10.3. The van der Waals surface area contributed by atoms with E-state index in [1.54, 1.807) is 6.07 Å². The summed E-state index contributed by atoms with van der Waals surface area (Å²) >= 11 is 0. The van der Waals surface area contributed by atoms with E-state index in [9.17, 15) is 4.79 Å². The van der Waals surface area contributed by atoms with Gasteiger partial charge in [0.15, 0.2) is 5.82 Å². The zero-order chi connectivity index (χ0) is 34.2. The monoisotopic (exact) mass is 661 g/mol. The van der Waals surface area contributed by atoms with Crippen molar-refractivity contribution in [1.82, 2.24) is 30.0 Å². The Morgan fingerprint density at radius 3 is 2.49 bits per heavy atom. The molecule has 2 unspecified atom stereocenters. The zero-order valence-corrected chi connectivity index (χ0v) is 28.2. The predicted molar refractivity (Wildman–Crippen MR) is 187 cm³/mol. The molecule has 4 saturated heterocycles. The first-order valence-electron chi connectivity index (χ1n) is 16.8. The van der Waals surface area contributed by atoms with Gasteiger partial charge in [-0.3, -0.25) is 14.9 Å². The van der Waals surface area contributed by atoms with Crippen molar-refractivity contribution in [2.75, 3.05) is 37.7 Å². The fourth-order valence-corrected chi connectivity index (χ4v) is 8.34. The summed E-state index contributed by atoms with van der Waals surface area (Å²) in [4.78, 5) is 29.3. The number of hydrogen-bond acceptors (Lipinski definition) is 8. The summed E-state index contributed by atoms with van der Waals surface area (Å²) in [6, 6.07) is 9.05. The van der Waals surface area contributed by atoms with Gasteiger partial charge in [0.2, 0.25) is 0 Å². The lowest BCUT2D eigenvalue weighted by molar-refractivity contribution is 0.0122. The maximum Gasteiger partial charge on any atom is 0.410 e. The molecule has 4 aliphatic rings. The summed E-state index contributed by atoms with van der Waals surface area (Å²) in [7, 11) is 0. The molecule has 0 spiro atoms. The van der Waals surface area contributed by atoms with E-state index in [1.165, 1.54) is 0 Å². The van der Waals surface area contributed by atoms with E-state index in [0.29, 0.717) is 47.5 Å². The molecule has 49 heavy (non-hydrogen) atoms.